The lowest BCUT2D eigenvalue weighted by Crippen LogP contribution is -2.24. The standard InChI is InChI=1S/C33H40O2/c1-7-34-32(35-27-18-16-24(17-19-27)31(23(2)3)22-33(4,5)6)21-30-28-14-10-8-12-25(28)20-26-13-9-11-15-29(26)30/h8-20,23,31-32H,7,21-22H2,1-6H3. The van der Waals surface area contributed by atoms with Crippen LogP contribution in [0.3, 0.4) is 0 Å². The monoisotopic (exact) mass is 468 g/mol. The molecule has 2 atom stereocenters. The van der Waals surface area contributed by atoms with E-state index in [4.69, 9.17) is 9.47 Å². The zero-order valence-corrected chi connectivity index (χ0v) is 22.2. The normalized spacial score (nSPS) is 13.9. The largest absolute Gasteiger partial charge is 0.465 e. The average Bonchev–Trinajstić information content (AvgIpc) is 2.82. The first-order valence-electron chi connectivity index (χ1n) is 13.0. The third kappa shape index (κ3) is 6.24. The van der Waals surface area contributed by atoms with E-state index in [1.54, 1.807) is 0 Å². The molecule has 0 aromatic heterocycles. The highest BCUT2D eigenvalue weighted by Crippen LogP contribution is 2.37. The summed E-state index contributed by atoms with van der Waals surface area (Å²) in [6.07, 6.45) is 1.51. The molecule has 0 saturated heterocycles. The van der Waals surface area contributed by atoms with Gasteiger partial charge in [0.15, 0.2) is 0 Å². The van der Waals surface area contributed by atoms with Crippen molar-refractivity contribution >= 4 is 21.5 Å². The van der Waals surface area contributed by atoms with E-state index in [0.717, 1.165) is 5.75 Å². The molecule has 4 aromatic carbocycles. The van der Waals surface area contributed by atoms with Gasteiger partial charge in [-0.1, -0.05) is 95.3 Å². The smallest absolute Gasteiger partial charge is 0.203 e. The van der Waals surface area contributed by atoms with Gasteiger partial charge in [0, 0.05) is 13.0 Å². The summed E-state index contributed by atoms with van der Waals surface area (Å²) in [5.41, 5.74) is 2.96. The van der Waals surface area contributed by atoms with Gasteiger partial charge in [-0.15, -0.1) is 0 Å². The molecule has 4 aromatic rings. The van der Waals surface area contributed by atoms with Crippen molar-refractivity contribution in [3.05, 3.63) is 90.0 Å². The Morgan fingerprint density at radius 1 is 0.771 bits per heavy atom. The van der Waals surface area contributed by atoms with E-state index in [1.165, 1.54) is 39.1 Å². The van der Waals surface area contributed by atoms with Crippen LogP contribution < -0.4 is 4.74 Å². The minimum atomic E-state index is -0.351. The molecule has 184 valence electrons. The van der Waals surface area contributed by atoms with Crippen molar-refractivity contribution < 1.29 is 9.47 Å². The van der Waals surface area contributed by atoms with Crippen LogP contribution in [0.5, 0.6) is 5.75 Å². The van der Waals surface area contributed by atoms with Crippen LogP contribution in [0.4, 0.5) is 0 Å². The number of benzene rings is 4. The fourth-order valence-corrected chi connectivity index (χ4v) is 5.16. The highest BCUT2D eigenvalue weighted by molar-refractivity contribution is 6.02. The van der Waals surface area contributed by atoms with Gasteiger partial charge in [0.05, 0.1) is 0 Å². The summed E-state index contributed by atoms with van der Waals surface area (Å²) < 4.78 is 12.5. The second kappa shape index (κ2) is 10.8. The van der Waals surface area contributed by atoms with E-state index in [0.29, 0.717) is 30.3 Å². The van der Waals surface area contributed by atoms with Crippen molar-refractivity contribution in [2.75, 3.05) is 6.61 Å². The molecule has 0 aliphatic carbocycles. The maximum atomic E-state index is 6.43. The lowest BCUT2D eigenvalue weighted by atomic mass is 9.76. The van der Waals surface area contributed by atoms with Crippen molar-refractivity contribution in [3.8, 4) is 5.75 Å². The Morgan fingerprint density at radius 2 is 1.34 bits per heavy atom. The quantitative estimate of drug-likeness (QED) is 0.180. The van der Waals surface area contributed by atoms with Crippen molar-refractivity contribution in [2.45, 2.75) is 66.6 Å². The Kier molecular flexibility index (Phi) is 7.82. The van der Waals surface area contributed by atoms with Crippen LogP contribution in [0.1, 0.15) is 65.0 Å². The Morgan fingerprint density at radius 3 is 1.86 bits per heavy atom. The minimum Gasteiger partial charge on any atom is -0.465 e. The van der Waals surface area contributed by atoms with Crippen LogP contribution >= 0.6 is 0 Å². The first kappa shape index (κ1) is 25.3. The van der Waals surface area contributed by atoms with Gasteiger partial charge in [0.1, 0.15) is 5.75 Å². The van der Waals surface area contributed by atoms with E-state index in [2.05, 4.69) is 113 Å². The Labute approximate surface area is 211 Å². The maximum Gasteiger partial charge on any atom is 0.203 e. The SMILES string of the molecule is CCOC(Cc1c2ccccc2cc2ccccc12)Oc1ccc(C(CC(C)(C)C)C(C)C)cc1. The second-order valence-electron chi connectivity index (χ2n) is 11.2. The Hall–Kier alpha value is -2.84. The third-order valence-electron chi connectivity index (χ3n) is 6.82. The van der Waals surface area contributed by atoms with E-state index in [9.17, 15) is 0 Å². The molecular weight excluding hydrogens is 428 g/mol. The molecule has 0 fully saturated rings. The van der Waals surface area contributed by atoms with Crippen LogP contribution in [0.2, 0.25) is 0 Å². The van der Waals surface area contributed by atoms with Crippen molar-refractivity contribution in [1.29, 1.82) is 0 Å². The van der Waals surface area contributed by atoms with E-state index < -0.39 is 0 Å². The zero-order chi connectivity index (χ0) is 25.0. The number of hydrogen-bond acceptors (Lipinski definition) is 2. The molecule has 4 rings (SSSR count). The van der Waals surface area contributed by atoms with Crippen molar-refractivity contribution in [2.24, 2.45) is 11.3 Å². The fourth-order valence-electron chi connectivity index (χ4n) is 5.16. The molecule has 0 aliphatic heterocycles. The van der Waals surface area contributed by atoms with Gasteiger partial charge in [0.2, 0.25) is 6.29 Å². The molecule has 0 saturated carbocycles. The molecule has 2 nitrogen and oxygen atoms in total. The lowest BCUT2D eigenvalue weighted by Gasteiger charge is -2.29. The van der Waals surface area contributed by atoms with Crippen molar-refractivity contribution in [1.82, 2.24) is 0 Å². The summed E-state index contributed by atoms with van der Waals surface area (Å²) in [4.78, 5) is 0. The molecule has 2 unspecified atom stereocenters. The topological polar surface area (TPSA) is 18.5 Å². The van der Waals surface area contributed by atoms with Crippen LogP contribution in [0, 0.1) is 11.3 Å². The Balaban J connectivity index is 1.60. The van der Waals surface area contributed by atoms with Gasteiger partial charge in [-0.05, 0) is 81.5 Å². The summed E-state index contributed by atoms with van der Waals surface area (Å²) in [7, 11) is 0. The maximum absolute atomic E-state index is 6.43. The number of hydrogen-bond donors (Lipinski definition) is 0. The molecule has 0 radical (unpaired) electrons. The van der Waals surface area contributed by atoms with Crippen LogP contribution in [-0.2, 0) is 11.2 Å². The molecule has 2 heteroatoms. The van der Waals surface area contributed by atoms with Gasteiger partial charge < -0.3 is 9.47 Å². The third-order valence-corrected chi connectivity index (χ3v) is 6.82. The summed E-state index contributed by atoms with van der Waals surface area (Å²) in [5.74, 6) is 1.99. The van der Waals surface area contributed by atoms with E-state index in [1.807, 2.05) is 6.92 Å². The lowest BCUT2D eigenvalue weighted by molar-refractivity contribution is -0.0736. The fraction of sp³-hybridized carbons (Fsp3) is 0.394. The molecule has 35 heavy (non-hydrogen) atoms. The van der Waals surface area contributed by atoms with Crippen LogP contribution in [-0.4, -0.2) is 12.9 Å². The molecule has 0 spiro atoms. The summed E-state index contributed by atoms with van der Waals surface area (Å²) in [6.45, 7) is 14.2. The predicted molar refractivity (Wildman–Crippen MR) is 149 cm³/mol. The molecular formula is C33H40O2. The van der Waals surface area contributed by atoms with E-state index in [-0.39, 0.29) is 6.29 Å². The molecule has 0 bridgehead atoms. The number of fused-ring (bicyclic) bond motifs is 2. The van der Waals surface area contributed by atoms with Crippen molar-refractivity contribution in [3.63, 3.8) is 0 Å². The predicted octanol–water partition coefficient (Wildman–Crippen LogP) is 9.15. The highest BCUT2D eigenvalue weighted by Gasteiger charge is 2.23. The van der Waals surface area contributed by atoms with Gasteiger partial charge >= 0.3 is 0 Å². The first-order valence-corrected chi connectivity index (χ1v) is 13.0. The minimum absolute atomic E-state index is 0.297. The zero-order valence-electron chi connectivity index (χ0n) is 22.2. The van der Waals surface area contributed by atoms with Crippen LogP contribution in [0.15, 0.2) is 78.9 Å². The molecule has 0 N–H and O–H groups in total. The van der Waals surface area contributed by atoms with Gasteiger partial charge in [-0.25, -0.2) is 0 Å². The summed E-state index contributed by atoms with van der Waals surface area (Å²) in [6, 6.07) is 28.2. The first-order chi connectivity index (χ1) is 16.7. The number of rotatable bonds is 9. The average molecular weight is 469 g/mol. The second-order valence-corrected chi connectivity index (χ2v) is 11.2. The summed E-state index contributed by atoms with van der Waals surface area (Å²) in [5, 5.41) is 5.02. The Bertz CT molecular complexity index is 1190. The van der Waals surface area contributed by atoms with Gasteiger partial charge in [-0.2, -0.15) is 0 Å². The molecule has 0 amide bonds. The number of ether oxygens (including phenoxy) is 2. The van der Waals surface area contributed by atoms with Gasteiger partial charge in [0.25, 0.3) is 0 Å². The van der Waals surface area contributed by atoms with E-state index >= 15 is 0 Å². The van der Waals surface area contributed by atoms with Crippen LogP contribution in [0.25, 0.3) is 21.5 Å². The highest BCUT2D eigenvalue weighted by atomic mass is 16.7. The molecule has 0 aliphatic rings. The molecule has 0 heterocycles. The summed E-state index contributed by atoms with van der Waals surface area (Å²) >= 11 is 0. The van der Waals surface area contributed by atoms with Gasteiger partial charge in [-0.3, -0.25) is 0 Å².